The van der Waals surface area contributed by atoms with Crippen LogP contribution in [-0.2, 0) is 17.9 Å². The average Bonchev–Trinajstić information content (AvgIpc) is 3.06. The summed E-state index contributed by atoms with van der Waals surface area (Å²) in [5.74, 6) is 0.377. The number of hydrogen-bond donors (Lipinski definition) is 2. The van der Waals surface area contributed by atoms with Gasteiger partial charge in [-0.2, -0.15) is 0 Å². The van der Waals surface area contributed by atoms with Crippen LogP contribution in [0.3, 0.4) is 0 Å². The lowest BCUT2D eigenvalue weighted by atomic mass is 9.92. The fraction of sp³-hybridized carbons (Fsp3) is 0.632. The third-order valence-corrected chi connectivity index (χ3v) is 5.06. The van der Waals surface area contributed by atoms with Crippen molar-refractivity contribution in [3.8, 4) is 0 Å². The highest BCUT2D eigenvalue weighted by Crippen LogP contribution is 2.17. The van der Waals surface area contributed by atoms with Crippen molar-refractivity contribution in [2.45, 2.75) is 51.7 Å². The first-order chi connectivity index (χ1) is 11.2. The summed E-state index contributed by atoms with van der Waals surface area (Å²) in [6.07, 6.45) is 4.54. The zero-order valence-corrected chi connectivity index (χ0v) is 16.6. The molecule has 1 aromatic carbocycles. The van der Waals surface area contributed by atoms with E-state index in [1.807, 2.05) is 0 Å². The summed E-state index contributed by atoms with van der Waals surface area (Å²) in [7, 11) is 0. The van der Waals surface area contributed by atoms with Gasteiger partial charge in [0.2, 0.25) is 5.91 Å². The molecule has 2 N–H and O–H groups in total. The third-order valence-electron chi connectivity index (χ3n) is 5.06. The fourth-order valence-corrected chi connectivity index (χ4v) is 3.74. The normalized spacial score (nSPS) is 23.4. The van der Waals surface area contributed by atoms with Crippen LogP contribution in [0.5, 0.6) is 0 Å². The van der Waals surface area contributed by atoms with Gasteiger partial charge in [0, 0.05) is 25.0 Å². The van der Waals surface area contributed by atoms with Crippen LogP contribution in [0.25, 0.3) is 0 Å². The van der Waals surface area contributed by atoms with Gasteiger partial charge in [-0.1, -0.05) is 24.3 Å². The Hall–Kier alpha value is -0.810. The topological polar surface area (TPSA) is 44.4 Å². The molecule has 2 aliphatic rings. The molecule has 0 aliphatic carbocycles. The average molecular weight is 388 g/mol. The highest BCUT2D eigenvalue weighted by Gasteiger charge is 2.24. The Morgan fingerprint density at radius 2 is 1.96 bits per heavy atom. The van der Waals surface area contributed by atoms with Crippen molar-refractivity contribution in [2.24, 2.45) is 5.92 Å². The zero-order valence-electron chi connectivity index (χ0n) is 15.0. The molecule has 2 aliphatic heterocycles. The second-order valence-electron chi connectivity index (χ2n) is 7.10. The minimum Gasteiger partial charge on any atom is -0.352 e. The minimum atomic E-state index is 0. The molecular weight excluding hydrogens is 357 g/mol. The van der Waals surface area contributed by atoms with E-state index >= 15 is 0 Å². The third kappa shape index (κ3) is 6.78. The van der Waals surface area contributed by atoms with Crippen LogP contribution in [0, 0.1) is 5.92 Å². The summed E-state index contributed by atoms with van der Waals surface area (Å²) in [6, 6.07) is 9.10. The maximum atomic E-state index is 12.3. The second-order valence-corrected chi connectivity index (χ2v) is 7.10. The Morgan fingerprint density at radius 3 is 2.68 bits per heavy atom. The number of rotatable bonds is 5. The number of carbonyl (C=O) groups is 1. The van der Waals surface area contributed by atoms with Crippen molar-refractivity contribution < 1.29 is 4.79 Å². The maximum Gasteiger partial charge on any atom is 0.223 e. The summed E-state index contributed by atoms with van der Waals surface area (Å²) in [6.45, 7) is 7.22. The quantitative estimate of drug-likeness (QED) is 0.815. The molecule has 0 saturated carbocycles. The lowest BCUT2D eigenvalue weighted by Gasteiger charge is -2.27. The molecule has 0 bridgehead atoms. The number of amides is 1. The summed E-state index contributed by atoms with van der Waals surface area (Å²) in [5, 5.41) is 6.53. The molecule has 0 unspecified atom stereocenters. The SMILES string of the molecule is C[C@H]1C[C@@H](C(=O)NCc2cccc(CN3CCCC3)c2)CCN1.Cl.Cl. The number of benzene rings is 1. The molecule has 0 spiro atoms. The molecule has 0 aromatic heterocycles. The van der Waals surface area contributed by atoms with Crippen LogP contribution in [0.2, 0.25) is 0 Å². The van der Waals surface area contributed by atoms with E-state index < -0.39 is 0 Å². The molecule has 6 heteroatoms. The summed E-state index contributed by atoms with van der Waals surface area (Å²) >= 11 is 0. The van der Waals surface area contributed by atoms with Gasteiger partial charge in [-0.15, -0.1) is 24.8 Å². The summed E-state index contributed by atoms with van der Waals surface area (Å²) < 4.78 is 0. The number of hydrogen-bond acceptors (Lipinski definition) is 3. The van der Waals surface area contributed by atoms with Crippen LogP contribution < -0.4 is 10.6 Å². The molecule has 2 fully saturated rings. The van der Waals surface area contributed by atoms with E-state index in [0.29, 0.717) is 12.6 Å². The lowest BCUT2D eigenvalue weighted by Crippen LogP contribution is -2.42. The summed E-state index contributed by atoms with van der Waals surface area (Å²) in [5.41, 5.74) is 2.56. The number of likely N-dealkylation sites (tertiary alicyclic amines) is 1. The minimum absolute atomic E-state index is 0. The van der Waals surface area contributed by atoms with E-state index in [9.17, 15) is 4.79 Å². The zero-order chi connectivity index (χ0) is 16.1. The smallest absolute Gasteiger partial charge is 0.223 e. The van der Waals surface area contributed by atoms with E-state index in [4.69, 9.17) is 0 Å². The van der Waals surface area contributed by atoms with E-state index in [1.54, 1.807) is 0 Å². The Balaban J connectivity index is 0.00000156. The number of halogens is 2. The highest BCUT2D eigenvalue weighted by molar-refractivity contribution is 5.85. The Bertz CT molecular complexity index is 535. The van der Waals surface area contributed by atoms with Gasteiger partial charge in [0.05, 0.1) is 0 Å². The lowest BCUT2D eigenvalue weighted by molar-refractivity contribution is -0.126. The van der Waals surface area contributed by atoms with Crippen LogP contribution >= 0.6 is 24.8 Å². The van der Waals surface area contributed by atoms with Gasteiger partial charge in [0.15, 0.2) is 0 Å². The first kappa shape index (κ1) is 22.2. The van der Waals surface area contributed by atoms with Crippen LogP contribution in [0.4, 0.5) is 0 Å². The van der Waals surface area contributed by atoms with Gasteiger partial charge in [0.1, 0.15) is 0 Å². The van der Waals surface area contributed by atoms with Crippen molar-refractivity contribution in [3.05, 3.63) is 35.4 Å². The molecule has 25 heavy (non-hydrogen) atoms. The van der Waals surface area contributed by atoms with Gasteiger partial charge in [-0.3, -0.25) is 9.69 Å². The van der Waals surface area contributed by atoms with Gasteiger partial charge in [-0.25, -0.2) is 0 Å². The maximum absolute atomic E-state index is 12.3. The summed E-state index contributed by atoms with van der Waals surface area (Å²) in [4.78, 5) is 14.8. The molecule has 1 aromatic rings. The number of carbonyl (C=O) groups excluding carboxylic acids is 1. The van der Waals surface area contributed by atoms with E-state index in [0.717, 1.165) is 25.9 Å². The second kappa shape index (κ2) is 11.0. The van der Waals surface area contributed by atoms with E-state index in [2.05, 4.69) is 46.7 Å². The Morgan fingerprint density at radius 1 is 1.24 bits per heavy atom. The van der Waals surface area contributed by atoms with Gasteiger partial charge in [0.25, 0.3) is 0 Å². The van der Waals surface area contributed by atoms with Crippen molar-refractivity contribution in [1.29, 1.82) is 0 Å². The van der Waals surface area contributed by atoms with Gasteiger partial charge < -0.3 is 10.6 Å². The molecule has 1 amide bonds. The van der Waals surface area contributed by atoms with Crippen molar-refractivity contribution in [2.75, 3.05) is 19.6 Å². The predicted molar refractivity (Wildman–Crippen MR) is 107 cm³/mol. The number of nitrogens with one attached hydrogen (secondary N) is 2. The first-order valence-electron chi connectivity index (χ1n) is 9.02. The Kier molecular flexibility index (Phi) is 9.80. The highest BCUT2D eigenvalue weighted by atomic mass is 35.5. The predicted octanol–water partition coefficient (Wildman–Crippen LogP) is 3.13. The monoisotopic (exact) mass is 387 g/mol. The van der Waals surface area contributed by atoms with Crippen molar-refractivity contribution in [3.63, 3.8) is 0 Å². The first-order valence-corrected chi connectivity index (χ1v) is 9.02. The molecule has 4 nitrogen and oxygen atoms in total. The fourth-order valence-electron chi connectivity index (χ4n) is 3.74. The van der Waals surface area contributed by atoms with Crippen LogP contribution in [-0.4, -0.2) is 36.5 Å². The molecule has 0 radical (unpaired) electrons. The van der Waals surface area contributed by atoms with Crippen molar-refractivity contribution >= 4 is 30.7 Å². The number of nitrogens with zero attached hydrogens (tertiary/aromatic N) is 1. The van der Waals surface area contributed by atoms with Gasteiger partial charge >= 0.3 is 0 Å². The molecular formula is C19H31Cl2N3O. The van der Waals surface area contributed by atoms with E-state index in [1.165, 1.54) is 37.1 Å². The molecule has 3 rings (SSSR count). The molecule has 142 valence electrons. The van der Waals surface area contributed by atoms with Crippen molar-refractivity contribution in [1.82, 2.24) is 15.5 Å². The number of piperidine rings is 1. The Labute approximate surface area is 163 Å². The standard InChI is InChI=1S/C19H29N3O.2ClH/c1-15-11-18(7-8-20-15)19(23)21-13-16-5-4-6-17(12-16)14-22-9-2-3-10-22;;/h4-6,12,15,18,20H,2-3,7-11,13-14H2,1H3,(H,21,23);2*1H/t15-,18-;;/m0../s1. The molecule has 2 heterocycles. The van der Waals surface area contributed by atoms with Crippen LogP contribution in [0.15, 0.2) is 24.3 Å². The largest absolute Gasteiger partial charge is 0.352 e. The van der Waals surface area contributed by atoms with E-state index in [-0.39, 0.29) is 36.6 Å². The molecule has 2 atom stereocenters. The molecule has 2 saturated heterocycles. The van der Waals surface area contributed by atoms with Gasteiger partial charge in [-0.05, 0) is 63.4 Å². The van der Waals surface area contributed by atoms with Crippen LogP contribution in [0.1, 0.15) is 43.7 Å².